The summed E-state index contributed by atoms with van der Waals surface area (Å²) < 4.78 is 37.3. The Morgan fingerprint density at radius 1 is 0.959 bits per heavy atom. The molecule has 4 rings (SSSR count). The molecule has 4 N–H and O–H groups in total. The summed E-state index contributed by atoms with van der Waals surface area (Å²) in [6, 6.07) is 19.4. The zero-order valence-electron chi connectivity index (χ0n) is 27.4. The van der Waals surface area contributed by atoms with Crippen LogP contribution in [0.5, 0.6) is 5.75 Å². The predicted molar refractivity (Wildman–Crippen MR) is 193 cm³/mol. The average molecular weight is 709 g/mol. The molecule has 0 saturated carbocycles. The fourth-order valence-corrected chi connectivity index (χ4v) is 5.14. The number of ether oxygens (including phenoxy) is 2. The van der Waals surface area contributed by atoms with Gasteiger partial charge in [0.15, 0.2) is 5.82 Å². The van der Waals surface area contributed by atoms with Crippen LogP contribution < -0.4 is 30.3 Å². The second kappa shape index (κ2) is 16.5. The van der Waals surface area contributed by atoms with Crippen molar-refractivity contribution in [1.82, 2.24) is 14.9 Å². The number of carbonyl (C=O) groups is 2. The van der Waals surface area contributed by atoms with E-state index in [9.17, 15) is 18.0 Å². The first-order chi connectivity index (χ1) is 23.4. The largest absolute Gasteiger partial charge is 0.494 e. The van der Waals surface area contributed by atoms with Crippen molar-refractivity contribution in [2.45, 2.75) is 6.61 Å². The van der Waals surface area contributed by atoms with Gasteiger partial charge in [-0.05, 0) is 29.8 Å². The van der Waals surface area contributed by atoms with E-state index in [1.165, 1.54) is 18.2 Å². The zero-order valence-corrected chi connectivity index (χ0v) is 28.9. The number of nitrogens with one attached hydrogen (secondary N) is 4. The van der Waals surface area contributed by atoms with Crippen LogP contribution in [0, 0.1) is 0 Å². The molecule has 16 heteroatoms. The maximum absolute atomic E-state index is 12.6. The highest BCUT2D eigenvalue weighted by Gasteiger charge is 2.19. The number of anilines is 7. The lowest BCUT2D eigenvalue weighted by molar-refractivity contribution is -0.111. The van der Waals surface area contributed by atoms with E-state index in [4.69, 9.17) is 21.1 Å². The lowest BCUT2D eigenvalue weighted by Gasteiger charge is -2.26. The molecule has 258 valence electrons. The highest BCUT2D eigenvalue weighted by Crippen LogP contribution is 2.38. The number of likely N-dealkylation sites (N-methyl/N-ethyl adjacent to an activating group) is 2. The van der Waals surface area contributed by atoms with Gasteiger partial charge < -0.3 is 35.2 Å². The summed E-state index contributed by atoms with van der Waals surface area (Å²) >= 11 is 6.39. The predicted octanol–water partition coefficient (Wildman–Crippen LogP) is 5.83. The molecule has 0 aliphatic heterocycles. The molecule has 0 spiro atoms. The number of aromatic nitrogens is 2. The number of benzene rings is 3. The van der Waals surface area contributed by atoms with Crippen molar-refractivity contribution >= 4 is 73.8 Å². The third-order valence-electron chi connectivity index (χ3n) is 6.93. The van der Waals surface area contributed by atoms with E-state index < -0.39 is 22.0 Å². The van der Waals surface area contributed by atoms with Gasteiger partial charge in [0.05, 0.1) is 48.0 Å². The van der Waals surface area contributed by atoms with E-state index in [1.807, 2.05) is 42.3 Å². The van der Waals surface area contributed by atoms with Gasteiger partial charge in [-0.25, -0.2) is 18.2 Å². The fraction of sp³-hybridized carbons (Fsp3) is 0.212. The second-order valence-corrected chi connectivity index (χ2v) is 12.9. The van der Waals surface area contributed by atoms with Crippen molar-refractivity contribution in [3.8, 4) is 5.75 Å². The Hall–Kier alpha value is -5.54. The van der Waals surface area contributed by atoms with Crippen LogP contribution in [-0.2, 0) is 26.2 Å². The lowest BCUT2D eigenvalue weighted by atomic mass is 10.2. The van der Waals surface area contributed by atoms with Gasteiger partial charge in [-0.2, -0.15) is 4.98 Å². The molecule has 0 fully saturated rings. The number of rotatable bonds is 15. The highest BCUT2D eigenvalue weighted by atomic mass is 35.5. The molecule has 1 heterocycles. The van der Waals surface area contributed by atoms with Crippen molar-refractivity contribution in [3.63, 3.8) is 0 Å². The quantitative estimate of drug-likeness (QED) is 0.110. The number of para-hydroxylation sites is 2. The number of carbonyl (C=O) groups excluding carboxylic acids is 2. The second-order valence-electron chi connectivity index (χ2n) is 10.7. The van der Waals surface area contributed by atoms with E-state index in [2.05, 4.69) is 37.2 Å². The molecule has 0 radical (unpaired) electrons. The minimum Gasteiger partial charge on any atom is -0.494 e. The standard InChI is InChI=1S/C33H37ClN8O6S/c1-6-30(43)36-26-18-27(38-32-35-20-23(34)31(39-32)37-24-14-10-11-15-25(24)40-49(5,45)46)29(47-4)19-28(26)41(2)16-17-42(3)33(44)48-21-22-12-8-7-9-13-22/h6-15,18-20,40H,1,16-17,21H2,2-5H3,(H,36,43)(H2,35,37,38,39). The minimum atomic E-state index is -3.55. The van der Waals surface area contributed by atoms with Crippen LogP contribution in [0.15, 0.2) is 85.6 Å². The Morgan fingerprint density at radius 2 is 1.65 bits per heavy atom. The first kappa shape index (κ1) is 36.3. The van der Waals surface area contributed by atoms with Crippen molar-refractivity contribution < 1.29 is 27.5 Å². The summed E-state index contributed by atoms with van der Waals surface area (Å²) in [5, 5.41) is 9.13. The van der Waals surface area contributed by atoms with Gasteiger partial charge >= 0.3 is 6.09 Å². The van der Waals surface area contributed by atoms with Gasteiger partial charge in [-0.3, -0.25) is 9.52 Å². The summed E-state index contributed by atoms with van der Waals surface area (Å²) in [5.41, 5.74) is 3.01. The van der Waals surface area contributed by atoms with Crippen LogP contribution in [0.25, 0.3) is 0 Å². The molecular weight excluding hydrogens is 672 g/mol. The summed E-state index contributed by atoms with van der Waals surface area (Å²) in [5.74, 6) is 0.271. The van der Waals surface area contributed by atoms with E-state index >= 15 is 0 Å². The van der Waals surface area contributed by atoms with E-state index in [0.29, 0.717) is 47.3 Å². The Morgan fingerprint density at radius 3 is 2.33 bits per heavy atom. The van der Waals surface area contributed by atoms with Crippen LogP contribution in [0.3, 0.4) is 0 Å². The molecule has 0 aliphatic rings. The highest BCUT2D eigenvalue weighted by molar-refractivity contribution is 7.92. The monoisotopic (exact) mass is 708 g/mol. The number of hydrogen-bond donors (Lipinski definition) is 4. The summed E-state index contributed by atoms with van der Waals surface area (Å²) in [4.78, 5) is 37.1. The van der Waals surface area contributed by atoms with Crippen LogP contribution in [0.2, 0.25) is 5.02 Å². The van der Waals surface area contributed by atoms with Gasteiger partial charge in [0.2, 0.25) is 21.9 Å². The Kier molecular flexibility index (Phi) is 12.2. The smallest absolute Gasteiger partial charge is 0.409 e. The number of sulfonamides is 1. The van der Waals surface area contributed by atoms with Crippen molar-refractivity contribution in [2.75, 3.05) is 66.1 Å². The molecular formula is C33H37ClN8O6S. The van der Waals surface area contributed by atoms with Gasteiger partial charge in [-0.1, -0.05) is 60.6 Å². The van der Waals surface area contributed by atoms with Crippen molar-refractivity contribution in [2.24, 2.45) is 0 Å². The molecule has 1 aromatic heterocycles. The van der Waals surface area contributed by atoms with E-state index in [1.54, 1.807) is 43.4 Å². The first-order valence-electron chi connectivity index (χ1n) is 14.8. The molecule has 4 aromatic rings. The Bertz CT molecular complexity index is 1910. The third-order valence-corrected chi connectivity index (χ3v) is 7.79. The number of hydrogen-bond acceptors (Lipinski definition) is 11. The number of halogens is 1. The summed E-state index contributed by atoms with van der Waals surface area (Å²) in [6.45, 7) is 4.41. The van der Waals surface area contributed by atoms with Gasteiger partial charge in [0.1, 0.15) is 17.4 Å². The molecule has 0 atom stereocenters. The van der Waals surface area contributed by atoms with Gasteiger partial charge in [0, 0.05) is 33.3 Å². The van der Waals surface area contributed by atoms with Crippen molar-refractivity contribution in [1.29, 1.82) is 0 Å². The number of nitrogens with zero attached hydrogens (tertiary/aromatic N) is 4. The molecule has 0 unspecified atom stereocenters. The summed E-state index contributed by atoms with van der Waals surface area (Å²) in [6.07, 6.45) is 3.10. The van der Waals surface area contributed by atoms with Crippen LogP contribution in [0.4, 0.5) is 45.0 Å². The normalized spacial score (nSPS) is 10.8. The van der Waals surface area contributed by atoms with Crippen LogP contribution in [-0.4, -0.2) is 75.8 Å². The number of amides is 2. The zero-order chi connectivity index (χ0) is 35.6. The molecule has 0 aliphatic carbocycles. The first-order valence-corrected chi connectivity index (χ1v) is 17.1. The molecule has 2 amide bonds. The third kappa shape index (κ3) is 10.5. The Labute approximate surface area is 290 Å². The maximum Gasteiger partial charge on any atom is 0.409 e. The summed E-state index contributed by atoms with van der Waals surface area (Å²) in [7, 11) is 1.39. The number of methoxy groups -OCH3 is 1. The SMILES string of the molecule is C=CC(=O)Nc1cc(Nc2ncc(Cl)c(Nc3ccccc3NS(C)(=O)=O)n2)c(OC)cc1N(C)CCN(C)C(=O)OCc1ccccc1. The topological polar surface area (TPSA) is 167 Å². The average Bonchev–Trinajstić information content (AvgIpc) is 3.08. The van der Waals surface area contributed by atoms with E-state index in [0.717, 1.165) is 17.9 Å². The van der Waals surface area contributed by atoms with E-state index in [-0.39, 0.29) is 23.4 Å². The fourth-order valence-electron chi connectivity index (χ4n) is 4.42. The minimum absolute atomic E-state index is 0.122. The molecule has 14 nitrogen and oxygen atoms in total. The van der Waals surface area contributed by atoms with Crippen LogP contribution in [0.1, 0.15) is 5.56 Å². The maximum atomic E-state index is 12.6. The van der Waals surface area contributed by atoms with Gasteiger partial charge in [-0.15, -0.1) is 0 Å². The molecule has 0 bridgehead atoms. The Balaban J connectivity index is 1.54. The molecule has 0 saturated heterocycles. The van der Waals surface area contributed by atoms with Gasteiger partial charge in [0.25, 0.3) is 0 Å². The molecule has 49 heavy (non-hydrogen) atoms. The lowest BCUT2D eigenvalue weighted by Crippen LogP contribution is -2.35. The molecule has 3 aromatic carbocycles. The van der Waals surface area contributed by atoms with Crippen molar-refractivity contribution in [3.05, 3.63) is 96.2 Å². The van der Waals surface area contributed by atoms with Crippen LogP contribution >= 0.6 is 11.6 Å².